The highest BCUT2D eigenvalue weighted by molar-refractivity contribution is 5.95. The van der Waals surface area contributed by atoms with Crippen molar-refractivity contribution in [2.75, 3.05) is 6.79 Å². The van der Waals surface area contributed by atoms with Crippen molar-refractivity contribution in [2.45, 2.75) is 25.5 Å². The summed E-state index contributed by atoms with van der Waals surface area (Å²) in [6.07, 6.45) is 0.802. The number of hydrogen-bond acceptors (Lipinski definition) is 6. The molecule has 2 aliphatic heterocycles. The van der Waals surface area contributed by atoms with Gasteiger partial charge in [0.15, 0.2) is 11.5 Å². The maximum atomic E-state index is 14.1. The number of benzene rings is 3. The first-order valence-electron chi connectivity index (χ1n) is 11.6. The van der Waals surface area contributed by atoms with Gasteiger partial charge in [0, 0.05) is 5.70 Å². The number of carbonyl (C=O) groups is 2. The zero-order chi connectivity index (χ0) is 25.8. The predicted molar refractivity (Wildman–Crippen MR) is 130 cm³/mol. The molecule has 1 unspecified atom stereocenters. The van der Waals surface area contributed by atoms with E-state index in [9.17, 15) is 14.0 Å². The molecule has 37 heavy (non-hydrogen) atoms. The quantitative estimate of drug-likeness (QED) is 0.466. The van der Waals surface area contributed by atoms with Crippen molar-refractivity contribution in [3.63, 3.8) is 0 Å². The van der Waals surface area contributed by atoms with Gasteiger partial charge in [-0.2, -0.15) is 5.26 Å². The summed E-state index contributed by atoms with van der Waals surface area (Å²) < 4.78 is 30.4. The Labute approximate surface area is 212 Å². The lowest BCUT2D eigenvalue weighted by Crippen LogP contribution is -2.46. The van der Waals surface area contributed by atoms with Crippen LogP contribution in [0.25, 0.3) is 0 Å². The number of amides is 2. The molecule has 0 saturated heterocycles. The van der Waals surface area contributed by atoms with Crippen LogP contribution in [0.5, 0.6) is 11.5 Å². The van der Waals surface area contributed by atoms with Gasteiger partial charge in [-0.25, -0.2) is 14.0 Å². The van der Waals surface area contributed by atoms with E-state index in [2.05, 4.69) is 16.7 Å². The lowest BCUT2D eigenvalue weighted by atomic mass is 9.93. The fraction of sp³-hybridized carbons (Fsp3) is 0.179. The maximum Gasteiger partial charge on any atom is 0.338 e. The first kappa shape index (κ1) is 23.9. The third-order valence-corrected chi connectivity index (χ3v) is 6.08. The first-order chi connectivity index (χ1) is 18.0. The van der Waals surface area contributed by atoms with E-state index in [1.54, 1.807) is 30.3 Å². The molecule has 186 valence electrons. The largest absolute Gasteiger partial charge is 0.457 e. The smallest absolute Gasteiger partial charge is 0.338 e. The molecule has 0 aliphatic carbocycles. The summed E-state index contributed by atoms with van der Waals surface area (Å²) in [6, 6.07) is 18.6. The number of nitrogens with zero attached hydrogens (tertiary/aromatic N) is 1. The second-order valence-electron chi connectivity index (χ2n) is 8.55. The number of nitrogens with one attached hydrogen (secondary N) is 2. The molecule has 2 heterocycles. The van der Waals surface area contributed by atoms with Crippen molar-refractivity contribution in [2.24, 2.45) is 0 Å². The van der Waals surface area contributed by atoms with E-state index in [1.165, 1.54) is 18.2 Å². The Morgan fingerprint density at radius 1 is 1.03 bits per heavy atom. The van der Waals surface area contributed by atoms with Gasteiger partial charge in [-0.1, -0.05) is 30.3 Å². The normalized spacial score (nSPS) is 16.0. The van der Waals surface area contributed by atoms with Crippen molar-refractivity contribution in [1.82, 2.24) is 10.6 Å². The summed E-state index contributed by atoms with van der Waals surface area (Å²) in [6.45, 7) is 0.0886. The number of fused-ring (bicyclic) bond motifs is 1. The molecule has 0 spiro atoms. The average Bonchev–Trinajstić information content (AvgIpc) is 3.38. The fourth-order valence-electron chi connectivity index (χ4n) is 4.32. The molecule has 0 fully saturated rings. The second-order valence-corrected chi connectivity index (χ2v) is 8.55. The number of hydrogen-bond donors (Lipinski definition) is 2. The van der Waals surface area contributed by atoms with Gasteiger partial charge in [0.2, 0.25) is 6.79 Å². The maximum absolute atomic E-state index is 14.1. The molecular formula is C28H22FN3O5. The van der Waals surface area contributed by atoms with E-state index in [0.717, 1.165) is 5.56 Å². The molecule has 2 N–H and O–H groups in total. The molecule has 2 aliphatic rings. The third-order valence-electron chi connectivity index (χ3n) is 6.08. The summed E-state index contributed by atoms with van der Waals surface area (Å²) in [5.74, 6) is 0.143. The summed E-state index contributed by atoms with van der Waals surface area (Å²) in [7, 11) is 0. The third kappa shape index (κ3) is 5.38. The summed E-state index contributed by atoms with van der Waals surface area (Å²) in [4.78, 5) is 26.0. The lowest BCUT2D eigenvalue weighted by molar-refractivity contribution is -0.140. The Morgan fingerprint density at radius 3 is 2.70 bits per heavy atom. The van der Waals surface area contributed by atoms with Gasteiger partial charge >= 0.3 is 12.0 Å². The van der Waals surface area contributed by atoms with Crippen molar-refractivity contribution in [3.05, 3.63) is 106 Å². The van der Waals surface area contributed by atoms with E-state index in [4.69, 9.17) is 19.5 Å². The van der Waals surface area contributed by atoms with Crippen LogP contribution in [-0.2, 0) is 22.6 Å². The first-order valence-corrected chi connectivity index (χ1v) is 11.6. The molecule has 8 nitrogen and oxygen atoms in total. The fourth-order valence-corrected chi connectivity index (χ4v) is 4.32. The molecule has 0 aromatic heterocycles. The van der Waals surface area contributed by atoms with Crippen molar-refractivity contribution < 1.29 is 28.2 Å². The number of allylic oxidation sites excluding steroid dienone is 1. The lowest BCUT2D eigenvalue weighted by Gasteiger charge is -2.29. The Hall–Kier alpha value is -4.84. The van der Waals surface area contributed by atoms with Crippen LogP contribution in [0, 0.1) is 17.1 Å². The topological polar surface area (TPSA) is 110 Å². The minimum absolute atomic E-state index is 0.0723. The summed E-state index contributed by atoms with van der Waals surface area (Å²) in [5.41, 5.74) is 2.99. The minimum atomic E-state index is -0.908. The molecule has 5 rings (SSSR count). The Bertz CT molecular complexity index is 1450. The summed E-state index contributed by atoms with van der Waals surface area (Å²) in [5, 5.41) is 14.6. The van der Waals surface area contributed by atoms with Gasteiger partial charge in [-0.05, 0) is 65.9 Å². The Balaban J connectivity index is 1.44. The predicted octanol–water partition coefficient (Wildman–Crippen LogP) is 4.41. The van der Waals surface area contributed by atoms with Crippen LogP contribution < -0.4 is 20.1 Å². The molecule has 0 saturated carbocycles. The van der Waals surface area contributed by atoms with E-state index < -0.39 is 23.9 Å². The molecule has 3 aromatic rings. The van der Waals surface area contributed by atoms with Crippen LogP contribution in [0.4, 0.5) is 9.18 Å². The van der Waals surface area contributed by atoms with Crippen LogP contribution in [-0.4, -0.2) is 18.8 Å². The van der Waals surface area contributed by atoms with Crippen molar-refractivity contribution in [3.8, 4) is 17.6 Å². The molecule has 3 aromatic carbocycles. The Morgan fingerprint density at radius 2 is 1.86 bits per heavy atom. The van der Waals surface area contributed by atoms with E-state index >= 15 is 0 Å². The highest BCUT2D eigenvalue weighted by Gasteiger charge is 2.34. The molecular weight excluding hydrogens is 477 g/mol. The van der Waals surface area contributed by atoms with Crippen LogP contribution in [0.15, 0.2) is 78.0 Å². The zero-order valence-electron chi connectivity index (χ0n) is 19.6. The van der Waals surface area contributed by atoms with Crippen LogP contribution in [0.2, 0.25) is 0 Å². The van der Waals surface area contributed by atoms with Gasteiger partial charge in [0.25, 0.3) is 0 Å². The summed E-state index contributed by atoms with van der Waals surface area (Å²) >= 11 is 0. The number of carbonyl (C=O) groups excluding carboxylic acids is 2. The van der Waals surface area contributed by atoms with Crippen LogP contribution in [0.3, 0.4) is 0 Å². The number of rotatable bonds is 7. The van der Waals surface area contributed by atoms with E-state index in [-0.39, 0.29) is 19.0 Å². The number of halogens is 1. The Kier molecular flexibility index (Phi) is 6.72. The molecule has 2 amide bonds. The highest BCUT2D eigenvalue weighted by Crippen LogP contribution is 2.34. The van der Waals surface area contributed by atoms with Crippen LogP contribution >= 0.6 is 0 Å². The van der Waals surface area contributed by atoms with Gasteiger partial charge in [0.1, 0.15) is 12.4 Å². The van der Waals surface area contributed by atoms with Crippen molar-refractivity contribution in [1.29, 1.82) is 5.26 Å². The van der Waals surface area contributed by atoms with Gasteiger partial charge in [-0.15, -0.1) is 0 Å². The van der Waals surface area contributed by atoms with Crippen molar-refractivity contribution >= 4 is 12.0 Å². The number of nitriles is 1. The van der Waals surface area contributed by atoms with Gasteiger partial charge in [-0.3, -0.25) is 0 Å². The molecule has 0 bridgehead atoms. The standard InChI is InChI=1S/C28H22FN3O5/c29-21-6-2-5-20(13-21)26-25(27(33)35-15-19-4-1-3-18(11-19)14-30)22(31-28(34)32-26)9-7-17-8-10-23-24(12-17)37-16-36-23/h1-6,8,10-13,26H,7,9,15-16H2,(H2,31,32,34). The van der Waals surface area contributed by atoms with E-state index in [0.29, 0.717) is 46.7 Å². The van der Waals surface area contributed by atoms with Gasteiger partial charge in [0.05, 0.1) is 23.2 Å². The van der Waals surface area contributed by atoms with E-state index in [1.807, 2.05) is 18.2 Å². The molecule has 9 heteroatoms. The zero-order valence-corrected chi connectivity index (χ0v) is 19.6. The molecule has 1 atom stereocenters. The molecule has 0 radical (unpaired) electrons. The monoisotopic (exact) mass is 499 g/mol. The minimum Gasteiger partial charge on any atom is -0.457 e. The van der Waals surface area contributed by atoms with Gasteiger partial charge < -0.3 is 24.8 Å². The number of ether oxygens (including phenoxy) is 3. The highest BCUT2D eigenvalue weighted by atomic mass is 19.1. The SMILES string of the molecule is N#Cc1cccc(COC(=O)C2=C(CCc3ccc4c(c3)OCO4)NC(=O)NC2c2cccc(F)c2)c1. The number of esters is 1. The average molecular weight is 499 g/mol. The second kappa shape index (κ2) is 10.4. The van der Waals surface area contributed by atoms with Crippen LogP contribution in [0.1, 0.15) is 34.7 Å². The number of aryl methyl sites for hydroxylation is 1. The number of urea groups is 1.